The van der Waals surface area contributed by atoms with Gasteiger partial charge in [0.25, 0.3) is 0 Å². The summed E-state index contributed by atoms with van der Waals surface area (Å²) in [6.45, 7) is 12.2. The third-order valence-corrected chi connectivity index (χ3v) is 2.48. The summed E-state index contributed by atoms with van der Waals surface area (Å²) < 4.78 is 0. The maximum Gasteiger partial charge on any atom is 0.310 e. The minimum Gasteiger partial charge on any atom is -0.481 e. The first-order valence-corrected chi connectivity index (χ1v) is 9.56. The summed E-state index contributed by atoms with van der Waals surface area (Å²) in [4.78, 5) is 40.7. The fourth-order valence-electron chi connectivity index (χ4n) is 1.07. The number of carboxylic acids is 2. The first-order valence-electron chi connectivity index (χ1n) is 9.56. The Morgan fingerprint density at radius 2 is 0.862 bits per heavy atom. The second kappa shape index (κ2) is 29.1. The molecule has 0 aromatic heterocycles. The quantitative estimate of drug-likeness (QED) is 0.290. The Hall–Kier alpha value is -1.09. The summed E-state index contributed by atoms with van der Waals surface area (Å²) in [6.07, 6.45) is 1.57. The number of hydrogen-bond acceptors (Lipinski definition) is 6. The number of rotatable bonds is 10. The molecule has 29 heavy (non-hydrogen) atoms. The third-order valence-electron chi connectivity index (χ3n) is 2.48. The van der Waals surface area contributed by atoms with Gasteiger partial charge in [0.15, 0.2) is 0 Å². The summed E-state index contributed by atoms with van der Waals surface area (Å²) in [5, 5.41) is 32.5. The molecule has 0 saturated carbocycles. The monoisotopic (exact) mass is 456 g/mol. The minimum atomic E-state index is -1.03. The van der Waals surface area contributed by atoms with Crippen molar-refractivity contribution in [3.8, 4) is 0 Å². The molecule has 0 aliphatic rings. The van der Waals surface area contributed by atoms with Crippen molar-refractivity contribution in [2.45, 2.75) is 80.1 Å². The maximum atomic E-state index is 10.5. The molecule has 9 heteroatoms. The van der Waals surface area contributed by atoms with Crippen LogP contribution in [0.5, 0.6) is 0 Å². The van der Waals surface area contributed by atoms with Gasteiger partial charge in [0.2, 0.25) is 0 Å². The minimum absolute atomic E-state index is 0. The van der Waals surface area contributed by atoms with Gasteiger partial charge in [-0.25, -0.2) is 0 Å². The summed E-state index contributed by atoms with van der Waals surface area (Å²) >= 11 is 0. The summed E-state index contributed by atoms with van der Waals surface area (Å²) in [6, 6.07) is 0. The molecule has 0 rings (SSSR count). The van der Waals surface area contributed by atoms with Crippen LogP contribution in [0.15, 0.2) is 0 Å². The largest absolute Gasteiger partial charge is 0.481 e. The average Bonchev–Trinajstić information content (AvgIpc) is 2.55. The van der Waals surface area contributed by atoms with Crippen LogP contribution in [0.4, 0.5) is 0 Å². The van der Waals surface area contributed by atoms with Gasteiger partial charge in [-0.05, 0) is 24.7 Å². The van der Waals surface area contributed by atoms with E-state index in [2.05, 4.69) is 0 Å². The molecule has 0 atom stereocenters. The molecule has 0 amide bonds. The molecule has 0 radical (unpaired) electrons. The van der Waals surface area contributed by atoms with Gasteiger partial charge >= 0.3 is 11.9 Å². The van der Waals surface area contributed by atoms with Crippen LogP contribution in [0.2, 0.25) is 0 Å². The molecule has 8 nitrogen and oxygen atoms in total. The van der Waals surface area contributed by atoms with Gasteiger partial charge in [0, 0.05) is 47.8 Å². The van der Waals surface area contributed by atoms with Gasteiger partial charge in [-0.15, -0.1) is 0 Å². The van der Waals surface area contributed by atoms with E-state index in [1.807, 2.05) is 41.5 Å². The number of carbonyl (C=O) groups excluding carboxylic acids is 2. The molecule has 4 N–H and O–H groups in total. The van der Waals surface area contributed by atoms with Crippen LogP contribution >= 0.6 is 0 Å². The van der Waals surface area contributed by atoms with E-state index in [0.29, 0.717) is 37.9 Å². The van der Waals surface area contributed by atoms with Crippen molar-refractivity contribution in [3.05, 3.63) is 0 Å². The predicted molar refractivity (Wildman–Crippen MR) is 108 cm³/mol. The molecule has 0 saturated heterocycles. The second-order valence-corrected chi connectivity index (χ2v) is 6.87. The van der Waals surface area contributed by atoms with Crippen molar-refractivity contribution in [1.82, 2.24) is 0 Å². The van der Waals surface area contributed by atoms with Gasteiger partial charge in [-0.3, -0.25) is 19.2 Å². The Labute approximate surface area is 190 Å². The van der Waals surface area contributed by atoms with E-state index in [-0.39, 0.29) is 46.1 Å². The first-order chi connectivity index (χ1) is 12.9. The van der Waals surface area contributed by atoms with Crippen molar-refractivity contribution in [2.24, 2.45) is 11.8 Å². The van der Waals surface area contributed by atoms with E-state index < -0.39 is 11.9 Å². The Morgan fingerprint density at radius 1 is 0.655 bits per heavy atom. The fourth-order valence-corrected chi connectivity index (χ4v) is 1.07. The second-order valence-electron chi connectivity index (χ2n) is 6.87. The van der Waals surface area contributed by atoms with E-state index >= 15 is 0 Å². The molecule has 0 bridgehead atoms. The Morgan fingerprint density at radius 3 is 0.966 bits per heavy atom. The smallest absolute Gasteiger partial charge is 0.310 e. The zero-order valence-corrected chi connectivity index (χ0v) is 20.3. The number of aliphatic carboxylic acids is 2. The van der Waals surface area contributed by atoms with Crippen molar-refractivity contribution in [2.75, 3.05) is 13.2 Å². The zero-order valence-electron chi connectivity index (χ0n) is 18.7. The van der Waals surface area contributed by atoms with E-state index in [1.165, 1.54) is 0 Å². The summed E-state index contributed by atoms with van der Waals surface area (Å²) in [5.41, 5.74) is 0. The Kier molecular flexibility index (Phi) is 38.7. The first kappa shape index (κ1) is 38.5. The van der Waals surface area contributed by atoms with Crippen LogP contribution in [0.1, 0.15) is 80.1 Å². The topological polar surface area (TPSA) is 149 Å². The number of Topliss-reactive ketones (excluding diaryl/α,β-unsaturated/α-hetero) is 2. The number of ketones is 2. The van der Waals surface area contributed by atoms with E-state index in [1.54, 1.807) is 0 Å². The van der Waals surface area contributed by atoms with Gasteiger partial charge in [0.1, 0.15) is 24.4 Å². The number of hydrogen-bond donors (Lipinski definition) is 4. The van der Waals surface area contributed by atoms with E-state index in [0.717, 1.165) is 12.8 Å². The number of carbonyl (C=O) groups is 4. The van der Waals surface area contributed by atoms with Gasteiger partial charge in [-0.2, -0.15) is 0 Å². The van der Waals surface area contributed by atoms with Crippen LogP contribution in [-0.2, 0) is 40.9 Å². The summed E-state index contributed by atoms with van der Waals surface area (Å²) in [7, 11) is 0. The SMILES string of the molecule is CC(C)CO.CC(C)CO.CCCC(=O)CC(=O)O.CCCC(=O)CC(=O)O.[Ti]. The molecule has 0 aliphatic heterocycles. The number of carboxylic acid groups (broad SMARTS) is 2. The van der Waals surface area contributed by atoms with E-state index in [9.17, 15) is 19.2 Å². The van der Waals surface area contributed by atoms with Crippen molar-refractivity contribution >= 4 is 23.5 Å². The standard InChI is InChI=1S/2C6H10O3.2C4H10O.Ti/c2*1-2-3-5(7)4-6(8)9;2*1-4(2)3-5;/h2*2-4H2,1H3,(H,8,9);2*4-5H,3H2,1-2H3;. The summed E-state index contributed by atoms with van der Waals surface area (Å²) in [5.74, 6) is -1.57. The van der Waals surface area contributed by atoms with Crippen molar-refractivity contribution in [3.63, 3.8) is 0 Å². The predicted octanol–water partition coefficient (Wildman–Crippen LogP) is 2.93. The molecular formula is C20H40O8Ti. The van der Waals surface area contributed by atoms with Crippen LogP contribution in [0.25, 0.3) is 0 Å². The molecule has 0 aromatic carbocycles. The zero-order chi connectivity index (χ0) is 23.1. The molecule has 0 spiro atoms. The Balaban J connectivity index is -0.0000000907. The fraction of sp³-hybridized carbons (Fsp3) is 0.800. The average molecular weight is 456 g/mol. The van der Waals surface area contributed by atoms with Crippen molar-refractivity contribution in [1.29, 1.82) is 0 Å². The van der Waals surface area contributed by atoms with Gasteiger partial charge in [-0.1, -0.05) is 41.5 Å². The molecule has 0 fully saturated rings. The molecular weight excluding hydrogens is 416 g/mol. The molecule has 0 unspecified atom stereocenters. The molecule has 172 valence electrons. The van der Waals surface area contributed by atoms with Crippen LogP contribution in [-0.4, -0.2) is 57.1 Å². The maximum absolute atomic E-state index is 10.5. The van der Waals surface area contributed by atoms with Crippen LogP contribution in [0, 0.1) is 11.8 Å². The molecule has 0 aliphatic carbocycles. The van der Waals surface area contributed by atoms with Crippen LogP contribution in [0.3, 0.4) is 0 Å². The molecule has 0 aromatic rings. The normalized spacial score (nSPS) is 8.90. The van der Waals surface area contributed by atoms with Crippen molar-refractivity contribution < 1.29 is 61.3 Å². The number of aliphatic hydroxyl groups excluding tert-OH is 2. The number of aliphatic hydroxyl groups is 2. The molecule has 0 heterocycles. The third kappa shape index (κ3) is 58.4. The van der Waals surface area contributed by atoms with Gasteiger partial charge < -0.3 is 20.4 Å². The Bertz CT molecular complexity index is 371. The van der Waals surface area contributed by atoms with E-state index in [4.69, 9.17) is 20.4 Å². The van der Waals surface area contributed by atoms with Gasteiger partial charge in [0.05, 0.1) is 0 Å². The van der Waals surface area contributed by atoms with Crippen LogP contribution < -0.4 is 0 Å².